The second-order valence-electron chi connectivity index (χ2n) is 3.87. The van der Waals surface area contributed by atoms with Crippen LogP contribution in [-0.4, -0.2) is 4.98 Å². The zero-order valence-corrected chi connectivity index (χ0v) is 10.4. The molecule has 1 aromatic heterocycles. The van der Waals surface area contributed by atoms with Gasteiger partial charge in [0.05, 0.1) is 11.2 Å². The number of hydrogen-bond donors (Lipinski definition) is 1. The SMILES string of the molecule is Cc1ncsc1CN[C@H](C)c1ccccc1. The predicted octanol–water partition coefficient (Wildman–Crippen LogP) is 3.30. The Balaban J connectivity index is 1.94. The van der Waals surface area contributed by atoms with Crippen LogP contribution in [0.3, 0.4) is 0 Å². The monoisotopic (exact) mass is 232 g/mol. The quantitative estimate of drug-likeness (QED) is 0.875. The summed E-state index contributed by atoms with van der Waals surface area (Å²) in [5, 5.41) is 3.51. The van der Waals surface area contributed by atoms with Crippen molar-refractivity contribution in [2.45, 2.75) is 26.4 Å². The summed E-state index contributed by atoms with van der Waals surface area (Å²) < 4.78 is 0. The van der Waals surface area contributed by atoms with E-state index in [-0.39, 0.29) is 0 Å². The fourth-order valence-corrected chi connectivity index (χ4v) is 2.33. The molecule has 0 fully saturated rings. The van der Waals surface area contributed by atoms with E-state index in [0.717, 1.165) is 12.2 Å². The summed E-state index contributed by atoms with van der Waals surface area (Å²) in [5.74, 6) is 0. The number of nitrogens with one attached hydrogen (secondary N) is 1. The van der Waals surface area contributed by atoms with Gasteiger partial charge in [0, 0.05) is 17.5 Å². The van der Waals surface area contributed by atoms with Crippen LogP contribution in [0.2, 0.25) is 0 Å². The van der Waals surface area contributed by atoms with E-state index in [4.69, 9.17) is 0 Å². The summed E-state index contributed by atoms with van der Waals surface area (Å²) in [7, 11) is 0. The van der Waals surface area contributed by atoms with Gasteiger partial charge in [-0.2, -0.15) is 0 Å². The van der Waals surface area contributed by atoms with Gasteiger partial charge in [0.25, 0.3) is 0 Å². The van der Waals surface area contributed by atoms with Crippen LogP contribution in [0.25, 0.3) is 0 Å². The van der Waals surface area contributed by atoms with Gasteiger partial charge in [-0.1, -0.05) is 30.3 Å². The van der Waals surface area contributed by atoms with Gasteiger partial charge in [0.1, 0.15) is 0 Å². The third kappa shape index (κ3) is 2.68. The number of aromatic nitrogens is 1. The summed E-state index contributed by atoms with van der Waals surface area (Å²) in [6.45, 7) is 5.14. The van der Waals surface area contributed by atoms with Gasteiger partial charge in [-0.3, -0.25) is 0 Å². The topological polar surface area (TPSA) is 24.9 Å². The Morgan fingerprint density at radius 1 is 1.31 bits per heavy atom. The molecule has 16 heavy (non-hydrogen) atoms. The highest BCUT2D eigenvalue weighted by atomic mass is 32.1. The van der Waals surface area contributed by atoms with Gasteiger partial charge in [-0.15, -0.1) is 11.3 Å². The van der Waals surface area contributed by atoms with E-state index in [9.17, 15) is 0 Å². The van der Waals surface area contributed by atoms with Crippen LogP contribution in [-0.2, 0) is 6.54 Å². The van der Waals surface area contributed by atoms with E-state index < -0.39 is 0 Å². The Morgan fingerprint density at radius 3 is 2.69 bits per heavy atom. The van der Waals surface area contributed by atoms with Crippen molar-refractivity contribution in [2.75, 3.05) is 0 Å². The third-order valence-electron chi connectivity index (χ3n) is 2.71. The molecule has 3 heteroatoms. The molecule has 1 atom stereocenters. The molecule has 1 N–H and O–H groups in total. The van der Waals surface area contributed by atoms with E-state index in [2.05, 4.69) is 48.4 Å². The van der Waals surface area contributed by atoms with E-state index in [0.29, 0.717) is 6.04 Å². The minimum atomic E-state index is 0.378. The van der Waals surface area contributed by atoms with Crippen LogP contribution in [0.5, 0.6) is 0 Å². The van der Waals surface area contributed by atoms with Crippen molar-refractivity contribution >= 4 is 11.3 Å². The van der Waals surface area contributed by atoms with Crippen LogP contribution in [0.15, 0.2) is 35.8 Å². The third-order valence-corrected chi connectivity index (χ3v) is 3.65. The molecule has 2 rings (SSSR count). The molecule has 0 aliphatic rings. The average molecular weight is 232 g/mol. The molecular weight excluding hydrogens is 216 g/mol. The van der Waals surface area contributed by atoms with Crippen LogP contribution >= 0.6 is 11.3 Å². The fraction of sp³-hybridized carbons (Fsp3) is 0.308. The van der Waals surface area contributed by atoms with Crippen molar-refractivity contribution in [1.82, 2.24) is 10.3 Å². The standard InChI is InChI=1S/C13H16N2S/c1-10(12-6-4-3-5-7-12)14-8-13-11(2)15-9-16-13/h3-7,9-10,14H,8H2,1-2H3/t10-/m1/s1. The Hall–Kier alpha value is -1.19. The molecule has 0 radical (unpaired) electrons. The minimum Gasteiger partial charge on any atom is -0.305 e. The van der Waals surface area contributed by atoms with Gasteiger partial charge >= 0.3 is 0 Å². The Morgan fingerprint density at radius 2 is 2.06 bits per heavy atom. The first kappa shape index (κ1) is 11.3. The van der Waals surface area contributed by atoms with E-state index in [1.165, 1.54) is 10.4 Å². The fourth-order valence-electron chi connectivity index (χ4n) is 1.60. The molecule has 2 aromatic rings. The molecular formula is C13H16N2S. The average Bonchev–Trinajstić information content (AvgIpc) is 2.73. The molecule has 0 spiro atoms. The highest BCUT2D eigenvalue weighted by Gasteiger charge is 2.06. The zero-order chi connectivity index (χ0) is 11.4. The minimum absolute atomic E-state index is 0.378. The van der Waals surface area contributed by atoms with Crippen molar-refractivity contribution in [2.24, 2.45) is 0 Å². The summed E-state index contributed by atoms with van der Waals surface area (Å²) >= 11 is 1.71. The summed E-state index contributed by atoms with van der Waals surface area (Å²) in [6.07, 6.45) is 0. The molecule has 2 nitrogen and oxygen atoms in total. The van der Waals surface area contributed by atoms with Crippen molar-refractivity contribution in [3.63, 3.8) is 0 Å². The molecule has 0 unspecified atom stereocenters. The molecule has 0 aliphatic heterocycles. The van der Waals surface area contributed by atoms with Crippen molar-refractivity contribution in [1.29, 1.82) is 0 Å². The first-order valence-electron chi connectivity index (χ1n) is 5.44. The molecule has 0 aliphatic carbocycles. The number of thiazole rings is 1. The molecule has 0 amide bonds. The molecule has 0 saturated heterocycles. The summed E-state index contributed by atoms with van der Waals surface area (Å²) in [4.78, 5) is 5.57. The van der Waals surface area contributed by atoms with Gasteiger partial charge in [0.2, 0.25) is 0 Å². The smallest absolute Gasteiger partial charge is 0.0798 e. The Kier molecular flexibility index (Phi) is 3.70. The number of benzene rings is 1. The lowest BCUT2D eigenvalue weighted by atomic mass is 10.1. The van der Waals surface area contributed by atoms with Crippen molar-refractivity contribution in [3.05, 3.63) is 52.0 Å². The maximum atomic E-state index is 4.25. The molecule has 0 bridgehead atoms. The second-order valence-corrected chi connectivity index (χ2v) is 4.81. The zero-order valence-electron chi connectivity index (χ0n) is 9.60. The lowest BCUT2D eigenvalue weighted by molar-refractivity contribution is 0.577. The van der Waals surface area contributed by atoms with Crippen LogP contribution in [0, 0.1) is 6.92 Å². The largest absolute Gasteiger partial charge is 0.305 e. The molecule has 0 saturated carbocycles. The molecule has 84 valence electrons. The Bertz CT molecular complexity index is 436. The number of nitrogens with zero attached hydrogens (tertiary/aromatic N) is 1. The van der Waals surface area contributed by atoms with E-state index in [1.807, 2.05) is 11.6 Å². The normalized spacial score (nSPS) is 12.6. The lowest BCUT2D eigenvalue weighted by Gasteiger charge is -2.13. The summed E-state index contributed by atoms with van der Waals surface area (Å²) in [5.41, 5.74) is 4.36. The Labute approximate surface area is 100 Å². The first-order chi connectivity index (χ1) is 7.77. The van der Waals surface area contributed by atoms with Crippen molar-refractivity contribution < 1.29 is 0 Å². The van der Waals surface area contributed by atoms with Crippen LogP contribution < -0.4 is 5.32 Å². The van der Waals surface area contributed by atoms with Gasteiger partial charge in [-0.05, 0) is 19.4 Å². The number of hydrogen-bond acceptors (Lipinski definition) is 3. The number of aryl methyl sites for hydroxylation is 1. The first-order valence-corrected chi connectivity index (χ1v) is 6.32. The number of rotatable bonds is 4. The maximum Gasteiger partial charge on any atom is 0.0798 e. The van der Waals surface area contributed by atoms with E-state index in [1.54, 1.807) is 11.3 Å². The van der Waals surface area contributed by atoms with E-state index >= 15 is 0 Å². The van der Waals surface area contributed by atoms with Gasteiger partial charge in [-0.25, -0.2) is 4.98 Å². The predicted molar refractivity (Wildman–Crippen MR) is 68.5 cm³/mol. The lowest BCUT2D eigenvalue weighted by Crippen LogP contribution is -2.17. The second kappa shape index (κ2) is 5.23. The highest BCUT2D eigenvalue weighted by molar-refractivity contribution is 7.09. The molecule has 1 heterocycles. The highest BCUT2D eigenvalue weighted by Crippen LogP contribution is 2.15. The molecule has 1 aromatic carbocycles. The van der Waals surface area contributed by atoms with Gasteiger partial charge in [0.15, 0.2) is 0 Å². The van der Waals surface area contributed by atoms with Crippen molar-refractivity contribution in [3.8, 4) is 0 Å². The maximum absolute atomic E-state index is 4.25. The van der Waals surface area contributed by atoms with Crippen LogP contribution in [0.4, 0.5) is 0 Å². The van der Waals surface area contributed by atoms with Crippen LogP contribution in [0.1, 0.15) is 29.1 Å². The van der Waals surface area contributed by atoms with Gasteiger partial charge < -0.3 is 5.32 Å². The summed E-state index contributed by atoms with van der Waals surface area (Å²) in [6, 6.07) is 10.9.